The molecule has 0 aliphatic heterocycles. The first-order valence-corrected chi connectivity index (χ1v) is 12.3. The summed E-state index contributed by atoms with van der Waals surface area (Å²) in [5.41, 5.74) is -4.66. The fraction of sp³-hybridized carbons (Fsp3) is 0.200. The van der Waals surface area contributed by atoms with Crippen LogP contribution in [0.5, 0.6) is 0 Å². The van der Waals surface area contributed by atoms with Crippen molar-refractivity contribution in [2.75, 3.05) is 0 Å². The van der Waals surface area contributed by atoms with E-state index < -0.39 is 58.0 Å². The lowest BCUT2D eigenvalue weighted by Crippen LogP contribution is -2.36. The van der Waals surface area contributed by atoms with Crippen LogP contribution in [0.4, 0.5) is 30.7 Å². The molecule has 0 aliphatic carbocycles. The van der Waals surface area contributed by atoms with Crippen molar-refractivity contribution in [3.63, 3.8) is 0 Å². The van der Waals surface area contributed by atoms with E-state index in [0.717, 1.165) is 18.2 Å². The topological polar surface area (TPSA) is 30.0 Å². The smallest absolute Gasteiger partial charge is 0.294 e. The third kappa shape index (κ3) is 6.04. The highest BCUT2D eigenvalue weighted by Crippen LogP contribution is 2.44. The number of hydrogen-bond donors (Lipinski definition) is 0. The van der Waals surface area contributed by atoms with Crippen molar-refractivity contribution in [3.05, 3.63) is 135 Å². The maximum atomic E-state index is 15.8. The molecule has 0 aliphatic rings. The van der Waals surface area contributed by atoms with E-state index in [1.165, 1.54) is 18.3 Å². The summed E-state index contributed by atoms with van der Waals surface area (Å²) in [6, 6.07) is 16.2. The minimum atomic E-state index is -5.05. The first kappa shape index (κ1) is 29.3. The summed E-state index contributed by atoms with van der Waals surface area (Å²) < 4.78 is 99.4. The zero-order valence-corrected chi connectivity index (χ0v) is 21.6. The molecule has 3 aromatic carbocycles. The van der Waals surface area contributed by atoms with Gasteiger partial charge in [-0.3, -0.25) is 9.78 Å². The van der Waals surface area contributed by atoms with Gasteiger partial charge in [-0.1, -0.05) is 54.1 Å². The number of pyridine rings is 1. The Balaban J connectivity index is 1.99. The third-order valence-electron chi connectivity index (χ3n) is 6.61. The number of nitrogens with zero attached hydrogens (tertiary/aromatic N) is 1. The summed E-state index contributed by atoms with van der Waals surface area (Å²) in [6.45, 7) is 0.467. The number of rotatable bonds is 8. The molecule has 0 spiro atoms. The zero-order valence-electron chi connectivity index (χ0n) is 20.9. The molecule has 0 saturated heterocycles. The van der Waals surface area contributed by atoms with E-state index in [9.17, 15) is 31.1 Å². The molecule has 40 heavy (non-hydrogen) atoms. The molecule has 1 heterocycles. The van der Waals surface area contributed by atoms with E-state index in [4.69, 9.17) is 11.6 Å². The molecular formula is C30H21ClF7NO. The molecule has 1 atom stereocenters. The van der Waals surface area contributed by atoms with Crippen LogP contribution in [0.2, 0.25) is 5.02 Å². The van der Waals surface area contributed by atoms with Crippen molar-refractivity contribution in [1.29, 1.82) is 0 Å². The van der Waals surface area contributed by atoms with Crippen molar-refractivity contribution in [3.8, 4) is 0 Å². The summed E-state index contributed by atoms with van der Waals surface area (Å²) in [4.78, 5) is 17.9. The Hall–Kier alpha value is -3.72. The first-order chi connectivity index (χ1) is 18.7. The summed E-state index contributed by atoms with van der Waals surface area (Å²) in [5, 5.41) is 0.182. The second-order valence-electron chi connectivity index (χ2n) is 9.45. The quantitative estimate of drug-likeness (QED) is 0.154. The van der Waals surface area contributed by atoms with Gasteiger partial charge in [-0.2, -0.15) is 13.2 Å². The molecule has 4 aromatic rings. The van der Waals surface area contributed by atoms with Crippen LogP contribution in [0.3, 0.4) is 0 Å². The molecule has 0 amide bonds. The van der Waals surface area contributed by atoms with E-state index in [2.05, 4.69) is 4.98 Å². The van der Waals surface area contributed by atoms with E-state index in [0.29, 0.717) is 30.7 Å². The Kier molecular flexibility index (Phi) is 8.08. The third-order valence-corrected chi connectivity index (χ3v) is 6.83. The standard InChI is InChI=1S/C30H21ClF7NO/c1-28(34,35)23-14-19(10-12-24(23)32)25(40)16-29(15-18-6-3-2-4-7-18,26-13-11-20(31)17-39-26)21-8-5-9-22(27(21)33)30(36,37)38/h2-14,17H,15-16H2,1H3/t29-/m0/s1. The molecule has 0 saturated carbocycles. The number of hydrogen-bond acceptors (Lipinski definition) is 2. The highest BCUT2D eigenvalue weighted by molar-refractivity contribution is 6.30. The number of ketones is 1. The molecule has 0 unspecified atom stereocenters. The van der Waals surface area contributed by atoms with Gasteiger partial charge in [0.05, 0.1) is 27.3 Å². The van der Waals surface area contributed by atoms with Crippen LogP contribution in [0.25, 0.3) is 0 Å². The van der Waals surface area contributed by atoms with Gasteiger partial charge in [-0.15, -0.1) is 0 Å². The Bertz CT molecular complexity index is 1520. The average Bonchev–Trinajstić information content (AvgIpc) is 2.88. The van der Waals surface area contributed by atoms with E-state index in [1.54, 1.807) is 30.3 Å². The van der Waals surface area contributed by atoms with Crippen molar-refractivity contribution in [2.24, 2.45) is 0 Å². The van der Waals surface area contributed by atoms with Gasteiger partial charge < -0.3 is 0 Å². The van der Waals surface area contributed by atoms with Gasteiger partial charge in [0.25, 0.3) is 5.92 Å². The molecule has 4 rings (SSSR count). The second-order valence-corrected chi connectivity index (χ2v) is 9.89. The van der Waals surface area contributed by atoms with Gasteiger partial charge in [-0.25, -0.2) is 17.6 Å². The number of halogens is 8. The molecule has 0 radical (unpaired) electrons. The summed E-state index contributed by atoms with van der Waals surface area (Å²) in [7, 11) is 0. The van der Waals surface area contributed by atoms with Gasteiger partial charge in [0.2, 0.25) is 0 Å². The molecule has 0 N–H and O–H groups in total. The summed E-state index contributed by atoms with van der Waals surface area (Å²) >= 11 is 6.00. The SMILES string of the molecule is CC(F)(F)c1cc(C(=O)C[C@](Cc2ccccc2)(c2ccc(Cl)cn2)c2cccc(C(F)(F)F)c2F)ccc1F. The van der Waals surface area contributed by atoms with Crippen LogP contribution in [0.15, 0.2) is 85.1 Å². The van der Waals surface area contributed by atoms with Crippen LogP contribution in [0, 0.1) is 11.6 Å². The molecule has 208 valence electrons. The van der Waals surface area contributed by atoms with Crippen molar-refractivity contribution in [2.45, 2.75) is 37.3 Å². The minimum absolute atomic E-state index is 0.0236. The number of aromatic nitrogens is 1. The summed E-state index contributed by atoms with van der Waals surface area (Å²) in [6.07, 6.45) is -4.71. The molecule has 1 aromatic heterocycles. The predicted molar refractivity (Wildman–Crippen MR) is 136 cm³/mol. The van der Waals surface area contributed by atoms with Gasteiger partial charge in [0.1, 0.15) is 11.6 Å². The van der Waals surface area contributed by atoms with Crippen LogP contribution in [0.1, 0.15) is 51.7 Å². The van der Waals surface area contributed by atoms with Crippen molar-refractivity contribution in [1.82, 2.24) is 4.98 Å². The van der Waals surface area contributed by atoms with Crippen LogP contribution in [-0.2, 0) is 23.9 Å². The minimum Gasteiger partial charge on any atom is -0.294 e. The maximum Gasteiger partial charge on any atom is 0.419 e. The van der Waals surface area contributed by atoms with Crippen LogP contribution in [-0.4, -0.2) is 10.8 Å². The highest BCUT2D eigenvalue weighted by Gasteiger charge is 2.44. The fourth-order valence-corrected chi connectivity index (χ4v) is 4.82. The monoisotopic (exact) mass is 579 g/mol. The Labute approximate surface area is 230 Å². The Morgan fingerprint density at radius 3 is 2.10 bits per heavy atom. The fourth-order valence-electron chi connectivity index (χ4n) is 4.71. The van der Waals surface area contributed by atoms with Crippen LogP contribution >= 0.6 is 11.6 Å². The van der Waals surface area contributed by atoms with Gasteiger partial charge in [0.15, 0.2) is 5.78 Å². The second kappa shape index (κ2) is 11.0. The van der Waals surface area contributed by atoms with Crippen molar-refractivity contribution < 1.29 is 35.5 Å². The molecular weight excluding hydrogens is 559 g/mol. The van der Waals surface area contributed by atoms with E-state index in [-0.39, 0.29) is 22.7 Å². The number of Topliss-reactive ketones (excluding diaryl/α,β-unsaturated/α-hetero) is 1. The molecule has 0 bridgehead atoms. The molecule has 10 heteroatoms. The summed E-state index contributed by atoms with van der Waals surface area (Å²) in [5.74, 6) is -7.29. The lowest BCUT2D eigenvalue weighted by atomic mass is 9.68. The molecule has 2 nitrogen and oxygen atoms in total. The van der Waals surface area contributed by atoms with Gasteiger partial charge >= 0.3 is 6.18 Å². The average molecular weight is 580 g/mol. The van der Waals surface area contributed by atoms with Gasteiger partial charge in [0, 0.05) is 30.7 Å². The Morgan fingerprint density at radius 1 is 0.825 bits per heavy atom. The normalized spacial score (nSPS) is 13.6. The van der Waals surface area contributed by atoms with E-state index in [1.807, 2.05) is 0 Å². The lowest BCUT2D eigenvalue weighted by molar-refractivity contribution is -0.140. The Morgan fingerprint density at radius 2 is 1.50 bits per heavy atom. The van der Waals surface area contributed by atoms with Crippen molar-refractivity contribution >= 4 is 17.4 Å². The predicted octanol–water partition coefficient (Wildman–Crippen LogP) is 8.95. The zero-order chi connectivity index (χ0) is 29.3. The number of carbonyl (C=O) groups is 1. The van der Waals surface area contributed by atoms with Gasteiger partial charge in [-0.05, 0) is 48.4 Å². The van der Waals surface area contributed by atoms with Crippen LogP contribution < -0.4 is 0 Å². The first-order valence-electron chi connectivity index (χ1n) is 12.0. The highest BCUT2D eigenvalue weighted by atomic mass is 35.5. The maximum absolute atomic E-state index is 15.8. The largest absolute Gasteiger partial charge is 0.419 e. The van der Waals surface area contributed by atoms with E-state index >= 15 is 4.39 Å². The number of benzene rings is 3. The molecule has 0 fully saturated rings. The number of carbonyl (C=O) groups excluding carboxylic acids is 1. The number of alkyl halides is 5. The lowest BCUT2D eigenvalue weighted by Gasteiger charge is -2.35.